The molecule has 1 unspecified atom stereocenters. The van der Waals surface area contributed by atoms with Gasteiger partial charge in [-0.3, -0.25) is 4.68 Å². The number of benzene rings is 2. The third kappa shape index (κ3) is 3.75. The fraction of sp³-hybridized carbons (Fsp3) is 0.300. The van der Waals surface area contributed by atoms with Crippen LogP contribution in [0.3, 0.4) is 0 Å². The molecule has 0 spiro atoms. The van der Waals surface area contributed by atoms with Crippen LogP contribution in [0, 0.1) is 5.82 Å². The Morgan fingerprint density at radius 2 is 2.15 bits per heavy atom. The summed E-state index contributed by atoms with van der Waals surface area (Å²) in [6.07, 6.45) is 2.27. The molecule has 0 aliphatic carbocycles. The lowest BCUT2D eigenvalue weighted by Crippen LogP contribution is -2.30. The van der Waals surface area contributed by atoms with E-state index in [1.54, 1.807) is 24.3 Å². The van der Waals surface area contributed by atoms with Crippen LogP contribution in [-0.2, 0) is 24.1 Å². The van der Waals surface area contributed by atoms with Crippen molar-refractivity contribution in [1.29, 1.82) is 0 Å². The van der Waals surface area contributed by atoms with Crippen LogP contribution >= 0.6 is 15.9 Å². The molecule has 0 bridgehead atoms. The molecule has 1 N–H and O–H groups in total. The maximum atomic E-state index is 14.1. The SMILES string of the molecule is O=C(O)c1ccc2nn(CCc3ccc(Br)cc3F)c(CC3CCO3)c2c1. The molecular formula is C20H18BrFN2O3. The number of hydrogen-bond acceptors (Lipinski definition) is 3. The van der Waals surface area contributed by atoms with Crippen LogP contribution in [0.5, 0.6) is 0 Å². The zero-order valence-electron chi connectivity index (χ0n) is 14.5. The third-order valence-electron chi connectivity index (χ3n) is 4.92. The molecule has 7 heteroatoms. The van der Waals surface area contributed by atoms with Crippen molar-refractivity contribution < 1.29 is 19.0 Å². The highest BCUT2D eigenvalue weighted by molar-refractivity contribution is 9.10. The number of carboxylic acid groups (broad SMARTS) is 1. The minimum absolute atomic E-state index is 0.126. The van der Waals surface area contributed by atoms with Crippen molar-refractivity contribution >= 4 is 32.8 Å². The number of rotatable bonds is 6. The maximum Gasteiger partial charge on any atom is 0.335 e. The Bertz CT molecular complexity index is 1010. The van der Waals surface area contributed by atoms with E-state index in [9.17, 15) is 14.3 Å². The molecule has 1 aliphatic heterocycles. The molecule has 1 saturated heterocycles. The van der Waals surface area contributed by atoms with Crippen LogP contribution in [0.15, 0.2) is 40.9 Å². The predicted molar refractivity (Wildman–Crippen MR) is 103 cm³/mol. The summed E-state index contributed by atoms with van der Waals surface area (Å²) in [6, 6.07) is 9.98. The average molecular weight is 433 g/mol. The van der Waals surface area contributed by atoms with E-state index < -0.39 is 5.97 Å². The topological polar surface area (TPSA) is 64.3 Å². The number of carbonyl (C=O) groups is 1. The lowest BCUT2D eigenvalue weighted by molar-refractivity contribution is -0.0500. The van der Waals surface area contributed by atoms with E-state index in [4.69, 9.17) is 4.74 Å². The summed E-state index contributed by atoms with van der Waals surface area (Å²) in [7, 11) is 0. The van der Waals surface area contributed by atoms with Gasteiger partial charge in [-0.1, -0.05) is 22.0 Å². The van der Waals surface area contributed by atoms with Crippen molar-refractivity contribution in [2.75, 3.05) is 6.61 Å². The van der Waals surface area contributed by atoms with Gasteiger partial charge in [0, 0.05) is 35.1 Å². The normalized spacial score (nSPS) is 16.4. The number of aromatic nitrogens is 2. The summed E-state index contributed by atoms with van der Waals surface area (Å²) < 4.78 is 22.3. The van der Waals surface area contributed by atoms with Crippen LogP contribution in [-0.4, -0.2) is 33.6 Å². The number of hydrogen-bond donors (Lipinski definition) is 1. The van der Waals surface area contributed by atoms with Crippen molar-refractivity contribution in [2.45, 2.75) is 31.9 Å². The summed E-state index contributed by atoms with van der Waals surface area (Å²) in [6.45, 7) is 1.26. The summed E-state index contributed by atoms with van der Waals surface area (Å²) >= 11 is 3.27. The second kappa shape index (κ2) is 7.40. The van der Waals surface area contributed by atoms with Crippen molar-refractivity contribution in [2.24, 2.45) is 0 Å². The smallest absolute Gasteiger partial charge is 0.335 e. The maximum absolute atomic E-state index is 14.1. The minimum atomic E-state index is -0.965. The molecule has 1 atom stereocenters. The van der Waals surface area contributed by atoms with Crippen molar-refractivity contribution in [3.05, 3.63) is 63.5 Å². The van der Waals surface area contributed by atoms with E-state index in [0.29, 0.717) is 29.4 Å². The van der Waals surface area contributed by atoms with Crippen LogP contribution in [0.4, 0.5) is 4.39 Å². The van der Waals surface area contributed by atoms with Crippen molar-refractivity contribution in [1.82, 2.24) is 9.78 Å². The second-order valence-electron chi connectivity index (χ2n) is 6.68. The number of halogens is 2. The molecule has 1 aromatic heterocycles. The highest BCUT2D eigenvalue weighted by Gasteiger charge is 2.23. The lowest BCUT2D eigenvalue weighted by atomic mass is 10.0. The van der Waals surface area contributed by atoms with Gasteiger partial charge in [-0.15, -0.1) is 0 Å². The Kier molecular flexibility index (Phi) is 4.97. The number of aryl methyl sites for hydroxylation is 2. The first-order valence-electron chi connectivity index (χ1n) is 8.79. The van der Waals surface area contributed by atoms with Gasteiger partial charge in [-0.25, -0.2) is 9.18 Å². The fourth-order valence-electron chi connectivity index (χ4n) is 3.33. The molecule has 140 valence electrons. The summed E-state index contributed by atoms with van der Waals surface area (Å²) in [5.74, 6) is -1.22. The highest BCUT2D eigenvalue weighted by Crippen LogP contribution is 2.26. The van der Waals surface area contributed by atoms with Gasteiger partial charge in [0.15, 0.2) is 0 Å². The van der Waals surface area contributed by atoms with Gasteiger partial charge in [-0.2, -0.15) is 5.10 Å². The van der Waals surface area contributed by atoms with E-state index in [-0.39, 0.29) is 17.5 Å². The molecule has 0 saturated carbocycles. The van der Waals surface area contributed by atoms with E-state index in [2.05, 4.69) is 21.0 Å². The molecular weight excluding hydrogens is 415 g/mol. The Morgan fingerprint density at radius 3 is 2.81 bits per heavy atom. The van der Waals surface area contributed by atoms with Gasteiger partial charge < -0.3 is 9.84 Å². The molecule has 1 fully saturated rings. The largest absolute Gasteiger partial charge is 0.478 e. The molecule has 27 heavy (non-hydrogen) atoms. The van der Waals surface area contributed by atoms with Crippen LogP contribution in [0.1, 0.15) is 28.0 Å². The van der Waals surface area contributed by atoms with Gasteiger partial charge in [0.05, 0.1) is 17.2 Å². The monoisotopic (exact) mass is 432 g/mol. The Labute approximate surface area is 163 Å². The molecule has 2 aromatic carbocycles. The van der Waals surface area contributed by atoms with Gasteiger partial charge in [0.1, 0.15) is 5.82 Å². The highest BCUT2D eigenvalue weighted by atomic mass is 79.9. The summed E-state index contributed by atoms with van der Waals surface area (Å²) in [4.78, 5) is 11.3. The van der Waals surface area contributed by atoms with E-state index in [1.165, 1.54) is 6.07 Å². The first-order chi connectivity index (χ1) is 13.0. The van der Waals surface area contributed by atoms with E-state index in [1.807, 2.05) is 10.7 Å². The van der Waals surface area contributed by atoms with Gasteiger partial charge >= 0.3 is 5.97 Å². The van der Waals surface area contributed by atoms with E-state index >= 15 is 0 Å². The standard InChI is InChI=1S/C20H18BrFN2O3/c21-14-3-1-12(17(22)10-14)5-7-24-19(11-15-6-8-27-15)16-9-13(20(25)26)2-4-18(16)23-24/h1-4,9-10,15H,5-8,11H2,(H,25,26). The molecule has 0 amide bonds. The average Bonchev–Trinajstić information content (AvgIpc) is 2.94. The quantitative estimate of drug-likeness (QED) is 0.633. The summed E-state index contributed by atoms with van der Waals surface area (Å²) in [5.41, 5.74) is 2.53. The summed E-state index contributed by atoms with van der Waals surface area (Å²) in [5, 5.41) is 14.7. The third-order valence-corrected chi connectivity index (χ3v) is 5.41. The molecule has 0 radical (unpaired) electrons. The number of aromatic carboxylic acids is 1. The molecule has 3 aromatic rings. The van der Waals surface area contributed by atoms with Gasteiger partial charge in [-0.05, 0) is 48.7 Å². The number of carboxylic acids is 1. The van der Waals surface area contributed by atoms with Crippen LogP contribution in [0.25, 0.3) is 10.9 Å². The van der Waals surface area contributed by atoms with Crippen LogP contribution < -0.4 is 0 Å². The Balaban J connectivity index is 1.67. The zero-order chi connectivity index (χ0) is 19.0. The molecule has 2 heterocycles. The molecule has 1 aliphatic rings. The Hall–Kier alpha value is -2.25. The fourth-order valence-corrected chi connectivity index (χ4v) is 3.66. The predicted octanol–water partition coefficient (Wildman–Crippen LogP) is 4.21. The number of ether oxygens (including phenoxy) is 1. The molecule has 4 rings (SSSR count). The first kappa shape index (κ1) is 18.1. The zero-order valence-corrected chi connectivity index (χ0v) is 16.1. The molecule has 5 nitrogen and oxygen atoms in total. The van der Waals surface area contributed by atoms with Gasteiger partial charge in [0.2, 0.25) is 0 Å². The van der Waals surface area contributed by atoms with Crippen molar-refractivity contribution in [3.8, 4) is 0 Å². The van der Waals surface area contributed by atoms with Crippen molar-refractivity contribution in [3.63, 3.8) is 0 Å². The number of fused-ring (bicyclic) bond motifs is 1. The number of nitrogens with zero attached hydrogens (tertiary/aromatic N) is 2. The van der Waals surface area contributed by atoms with E-state index in [0.717, 1.165) is 29.6 Å². The first-order valence-corrected chi connectivity index (χ1v) is 9.59. The Morgan fingerprint density at radius 1 is 1.33 bits per heavy atom. The lowest BCUT2D eigenvalue weighted by Gasteiger charge is -2.26. The minimum Gasteiger partial charge on any atom is -0.478 e. The van der Waals surface area contributed by atoms with Crippen LogP contribution in [0.2, 0.25) is 0 Å². The second-order valence-corrected chi connectivity index (χ2v) is 7.59. The van der Waals surface area contributed by atoms with Gasteiger partial charge in [0.25, 0.3) is 0 Å².